The van der Waals surface area contributed by atoms with Crippen molar-refractivity contribution >= 4 is 17.3 Å². The van der Waals surface area contributed by atoms with E-state index in [1.807, 2.05) is 0 Å². The van der Waals surface area contributed by atoms with Gasteiger partial charge in [-0.25, -0.2) is 10.0 Å². The Bertz CT molecular complexity index is 993. The van der Waals surface area contributed by atoms with Crippen LogP contribution in [-0.4, -0.2) is 34.4 Å². The molecule has 2 aliphatic rings. The number of carbonyl (C=O) groups is 1. The summed E-state index contributed by atoms with van der Waals surface area (Å²) in [5.41, 5.74) is 5.17. The summed E-state index contributed by atoms with van der Waals surface area (Å²) < 4.78 is 38.5. The Balaban J connectivity index is 1.82. The lowest BCUT2D eigenvalue weighted by Gasteiger charge is -2.38. The second-order valence-electron chi connectivity index (χ2n) is 6.33. The Morgan fingerprint density at radius 1 is 1.03 bits per heavy atom. The molecule has 2 aromatic rings. The van der Waals surface area contributed by atoms with Crippen LogP contribution in [0.25, 0.3) is 0 Å². The second kappa shape index (κ2) is 6.65. The lowest BCUT2D eigenvalue weighted by Crippen LogP contribution is -2.51. The van der Waals surface area contributed by atoms with E-state index in [0.29, 0.717) is 5.28 Å². The molecule has 152 valence electrons. The molecule has 0 aliphatic carbocycles. The first-order chi connectivity index (χ1) is 13.8. The molecule has 2 aromatic carbocycles. The fourth-order valence-corrected chi connectivity index (χ4v) is 3.31. The van der Waals surface area contributed by atoms with E-state index in [1.54, 1.807) is 18.2 Å². The Kier molecular flexibility index (Phi) is 4.37. The minimum absolute atomic E-state index is 0.00923. The monoisotopic (exact) mass is 406 g/mol. The number of benzene rings is 2. The maximum absolute atomic E-state index is 13.1. The van der Waals surface area contributed by atoms with E-state index >= 15 is 0 Å². The van der Waals surface area contributed by atoms with Gasteiger partial charge in [0.1, 0.15) is 5.82 Å². The molecule has 0 radical (unpaired) electrons. The molecule has 2 heterocycles. The second-order valence-corrected chi connectivity index (χ2v) is 6.33. The summed E-state index contributed by atoms with van der Waals surface area (Å²) in [6.07, 6.45) is -4.54. The standard InChI is InChI=1S/C18H16F3N5O3/c19-18(20,21)11-5-7-12(8-6-11)24-17(28)15-23(10-9-22)16(27)13-3-1-2-4-14(13)25(15)26(24)29/h1-8,28-29H,9-10,22H2/p-1. The van der Waals surface area contributed by atoms with Crippen LogP contribution in [0.15, 0.2) is 60.2 Å². The Morgan fingerprint density at radius 2 is 1.69 bits per heavy atom. The van der Waals surface area contributed by atoms with Crippen LogP contribution in [0.1, 0.15) is 15.9 Å². The molecule has 2 aliphatic heterocycles. The van der Waals surface area contributed by atoms with Crippen LogP contribution in [0.2, 0.25) is 0 Å². The van der Waals surface area contributed by atoms with Crippen LogP contribution in [0, 0.1) is 0 Å². The van der Waals surface area contributed by atoms with Crippen LogP contribution in [-0.2, 0) is 6.18 Å². The third kappa shape index (κ3) is 2.87. The van der Waals surface area contributed by atoms with Gasteiger partial charge in [0.25, 0.3) is 5.91 Å². The molecule has 0 saturated carbocycles. The first-order valence-electron chi connectivity index (χ1n) is 8.54. The van der Waals surface area contributed by atoms with Crippen molar-refractivity contribution < 1.29 is 28.3 Å². The molecular formula is C18H15F3N5O3-. The fourth-order valence-electron chi connectivity index (χ4n) is 3.31. The molecule has 11 heteroatoms. The number of carbonyl (C=O) groups excluding carboxylic acids is 1. The van der Waals surface area contributed by atoms with Gasteiger partial charge in [0.2, 0.25) is 0 Å². The zero-order valence-electron chi connectivity index (χ0n) is 14.8. The first kappa shape index (κ1) is 19.1. The Hall–Kier alpha value is -3.28. The highest BCUT2D eigenvalue weighted by atomic mass is 19.4. The summed E-state index contributed by atoms with van der Waals surface area (Å²) in [4.78, 5) is 14.0. The van der Waals surface area contributed by atoms with Gasteiger partial charge in [0.05, 0.1) is 22.5 Å². The smallest absolute Gasteiger partial charge is 0.416 e. The topological polar surface area (TPSA) is 99.3 Å². The number of nitrogens with two attached hydrogens (primary N) is 1. The zero-order valence-corrected chi connectivity index (χ0v) is 14.8. The van der Waals surface area contributed by atoms with Crippen molar-refractivity contribution in [2.24, 2.45) is 5.73 Å². The van der Waals surface area contributed by atoms with Crippen molar-refractivity contribution in [2.45, 2.75) is 6.18 Å². The van der Waals surface area contributed by atoms with Crippen LogP contribution >= 0.6 is 0 Å². The third-order valence-electron chi connectivity index (χ3n) is 4.60. The lowest BCUT2D eigenvalue weighted by atomic mass is 10.1. The van der Waals surface area contributed by atoms with Crippen molar-refractivity contribution in [3.63, 3.8) is 0 Å². The number of alkyl halides is 3. The van der Waals surface area contributed by atoms with Crippen LogP contribution in [0.5, 0.6) is 0 Å². The predicted octanol–water partition coefficient (Wildman–Crippen LogP) is 1.45. The van der Waals surface area contributed by atoms with Crippen LogP contribution in [0.3, 0.4) is 0 Å². The minimum atomic E-state index is -4.54. The number of fused-ring (bicyclic) bond motifs is 3. The number of anilines is 2. The van der Waals surface area contributed by atoms with Gasteiger partial charge in [0.15, 0.2) is 0 Å². The number of nitrogens with zero attached hydrogens (tertiary/aromatic N) is 4. The molecule has 0 unspecified atom stereocenters. The molecule has 0 saturated heterocycles. The molecule has 0 aromatic heterocycles. The number of hydrazine groups is 2. The molecule has 4 rings (SSSR count). The van der Waals surface area contributed by atoms with E-state index in [9.17, 15) is 28.3 Å². The van der Waals surface area contributed by atoms with Crippen LogP contribution in [0.4, 0.5) is 24.5 Å². The van der Waals surface area contributed by atoms with Crippen molar-refractivity contribution in [3.8, 4) is 0 Å². The van der Waals surface area contributed by atoms with Gasteiger partial charge in [0, 0.05) is 24.3 Å². The number of hydrogen-bond donors (Lipinski definition) is 2. The summed E-state index contributed by atoms with van der Waals surface area (Å²) in [5.74, 6) is -1.42. The Labute approximate surface area is 162 Å². The molecule has 3 N–H and O–H groups in total. The van der Waals surface area contributed by atoms with E-state index in [2.05, 4.69) is 0 Å². The zero-order chi connectivity index (χ0) is 20.9. The van der Waals surface area contributed by atoms with Gasteiger partial charge >= 0.3 is 6.18 Å². The quantitative estimate of drug-likeness (QED) is 0.796. The van der Waals surface area contributed by atoms with Gasteiger partial charge in [-0.15, -0.1) is 0 Å². The predicted molar refractivity (Wildman–Crippen MR) is 93.6 cm³/mol. The highest BCUT2D eigenvalue weighted by Gasteiger charge is 2.44. The molecule has 0 atom stereocenters. The van der Waals surface area contributed by atoms with E-state index < -0.39 is 23.5 Å². The van der Waals surface area contributed by atoms with E-state index in [1.165, 1.54) is 6.07 Å². The van der Waals surface area contributed by atoms with E-state index in [0.717, 1.165) is 39.2 Å². The number of para-hydroxylation sites is 1. The normalized spacial score (nSPS) is 17.1. The molecule has 0 bridgehead atoms. The van der Waals surface area contributed by atoms with Gasteiger partial charge in [-0.1, -0.05) is 12.1 Å². The largest absolute Gasteiger partial charge is 0.856 e. The van der Waals surface area contributed by atoms with Crippen molar-refractivity contribution in [1.82, 2.24) is 10.2 Å². The maximum atomic E-state index is 13.1. The number of amides is 1. The summed E-state index contributed by atoms with van der Waals surface area (Å²) in [6.45, 7) is 0.0731. The molecule has 8 nitrogen and oxygen atoms in total. The highest BCUT2D eigenvalue weighted by molar-refractivity contribution is 6.03. The Morgan fingerprint density at radius 3 is 2.31 bits per heavy atom. The summed E-state index contributed by atoms with van der Waals surface area (Å²) in [7, 11) is 0. The van der Waals surface area contributed by atoms with Gasteiger partial charge < -0.3 is 10.8 Å². The van der Waals surface area contributed by atoms with Crippen molar-refractivity contribution in [1.29, 1.82) is 0 Å². The van der Waals surface area contributed by atoms with Crippen LogP contribution < -0.4 is 20.9 Å². The molecule has 0 fully saturated rings. The lowest BCUT2D eigenvalue weighted by molar-refractivity contribution is -0.314. The fraction of sp³-hybridized carbons (Fsp3) is 0.167. The molecule has 0 spiro atoms. The van der Waals surface area contributed by atoms with Gasteiger partial charge in [-0.05, 0) is 36.4 Å². The summed E-state index contributed by atoms with van der Waals surface area (Å²) >= 11 is 0. The van der Waals surface area contributed by atoms with Crippen molar-refractivity contribution in [2.75, 3.05) is 23.1 Å². The van der Waals surface area contributed by atoms with Gasteiger partial charge in [-0.2, -0.15) is 13.2 Å². The number of halogens is 3. The van der Waals surface area contributed by atoms with Crippen molar-refractivity contribution in [3.05, 3.63) is 71.4 Å². The summed E-state index contributed by atoms with van der Waals surface area (Å²) in [6, 6.07) is 10.1. The highest BCUT2D eigenvalue weighted by Crippen LogP contribution is 2.41. The third-order valence-corrected chi connectivity index (χ3v) is 4.60. The molecule has 29 heavy (non-hydrogen) atoms. The van der Waals surface area contributed by atoms with E-state index in [-0.39, 0.29) is 35.8 Å². The molecule has 1 amide bonds. The molecular weight excluding hydrogens is 391 g/mol. The van der Waals surface area contributed by atoms with E-state index in [4.69, 9.17) is 5.73 Å². The SMILES string of the molecule is NCCN1C(=O)c2ccccc2N2C1=C([O-])N(c1ccc(C(F)(F)F)cc1)N2O. The average Bonchev–Trinajstić information content (AvgIpc) is 2.95. The maximum Gasteiger partial charge on any atom is 0.416 e. The summed E-state index contributed by atoms with van der Waals surface area (Å²) in [5, 5.41) is 26.1. The number of hydrogen-bond acceptors (Lipinski definition) is 7. The van der Waals surface area contributed by atoms with Gasteiger partial charge in [-0.3, -0.25) is 14.9 Å². The number of rotatable bonds is 3. The first-order valence-corrected chi connectivity index (χ1v) is 8.54. The minimum Gasteiger partial charge on any atom is -0.856 e. The average molecular weight is 406 g/mol.